The molecule has 1 aliphatic heterocycles. The summed E-state index contributed by atoms with van der Waals surface area (Å²) in [5, 5.41) is 11.9. The molecule has 0 fully saturated rings. The van der Waals surface area contributed by atoms with Crippen LogP contribution in [0.15, 0.2) is 137 Å². The normalized spacial score (nSPS) is 13.0. The van der Waals surface area contributed by atoms with Gasteiger partial charge in [0.2, 0.25) is 0 Å². The fraction of sp³-hybridized carbons (Fsp3) is 0.0732. The van der Waals surface area contributed by atoms with Gasteiger partial charge < -0.3 is 5.73 Å². The maximum absolute atomic E-state index is 9.63. The monoisotopic (exact) mass is 623 g/mol. The lowest BCUT2D eigenvalue weighted by Gasteiger charge is -2.35. The zero-order valence-electron chi connectivity index (χ0n) is 25.9. The van der Waals surface area contributed by atoms with Crippen LogP contribution in [0, 0.1) is 11.3 Å². The van der Waals surface area contributed by atoms with Crippen LogP contribution in [0.3, 0.4) is 0 Å². The summed E-state index contributed by atoms with van der Waals surface area (Å²) in [5.41, 5.74) is 14.5. The molecule has 0 aliphatic carbocycles. The van der Waals surface area contributed by atoms with Crippen LogP contribution in [0.2, 0.25) is 0 Å². The third-order valence-electron chi connectivity index (χ3n) is 8.91. The highest BCUT2D eigenvalue weighted by Crippen LogP contribution is 2.52. The van der Waals surface area contributed by atoms with E-state index in [1.54, 1.807) is 11.8 Å². The van der Waals surface area contributed by atoms with E-state index in [0.29, 0.717) is 23.0 Å². The second kappa shape index (κ2) is 11.2. The predicted octanol–water partition coefficient (Wildman–Crippen LogP) is 9.94. The highest BCUT2D eigenvalue weighted by atomic mass is 32.2. The Morgan fingerprint density at radius 1 is 0.596 bits per heavy atom. The van der Waals surface area contributed by atoms with E-state index in [1.807, 2.05) is 54.6 Å². The number of nitrogens with two attached hydrogens (primary N) is 1. The Morgan fingerprint density at radius 2 is 1.28 bits per heavy atom. The average Bonchev–Trinajstić information content (AvgIpc) is 3.11. The Hall–Kier alpha value is -5.77. The number of nitriles is 1. The topological polar surface area (TPSA) is 88.5 Å². The van der Waals surface area contributed by atoms with Crippen molar-refractivity contribution in [3.63, 3.8) is 0 Å². The maximum Gasteiger partial charge on any atom is 0.165 e. The molecule has 2 N–H and O–H groups in total. The molecule has 0 spiro atoms. The van der Waals surface area contributed by atoms with Crippen LogP contribution in [0.25, 0.3) is 56.1 Å². The number of hydrogen-bond donors (Lipinski definition) is 1. The standard InChI is InChI=1S/C41H29N5S/c1-41(2)34-19-14-25(24-42)20-36(34)47-37-33(12-7-13-35(37)41)40-45-38(26-8-4-3-5-9-26)44-39(46-40)31-11-6-10-27(22-31)28-15-16-30-23-32(43)18-17-29(30)21-28/h3-23H,43H2,1-2H3. The molecule has 5 nitrogen and oxygen atoms in total. The average molecular weight is 624 g/mol. The molecular formula is C41H29N5S. The molecule has 0 saturated heterocycles. The first-order valence-corrected chi connectivity index (χ1v) is 16.3. The largest absolute Gasteiger partial charge is 0.399 e. The number of anilines is 1. The molecular weight excluding hydrogens is 595 g/mol. The van der Waals surface area contributed by atoms with Crippen molar-refractivity contribution in [1.82, 2.24) is 15.0 Å². The molecule has 6 aromatic carbocycles. The van der Waals surface area contributed by atoms with Crippen molar-refractivity contribution < 1.29 is 0 Å². The van der Waals surface area contributed by atoms with Crippen LogP contribution in [0.5, 0.6) is 0 Å². The van der Waals surface area contributed by atoms with Crippen molar-refractivity contribution in [2.24, 2.45) is 0 Å². The Bertz CT molecular complexity index is 2390. The van der Waals surface area contributed by atoms with Crippen LogP contribution in [0.1, 0.15) is 30.5 Å². The molecule has 2 heterocycles. The quantitative estimate of drug-likeness (QED) is 0.196. The summed E-state index contributed by atoms with van der Waals surface area (Å²) in [6, 6.07) is 45.5. The number of rotatable bonds is 4. The summed E-state index contributed by atoms with van der Waals surface area (Å²) in [5.74, 6) is 1.83. The summed E-state index contributed by atoms with van der Waals surface area (Å²) in [6.45, 7) is 4.48. The first kappa shape index (κ1) is 28.7. The summed E-state index contributed by atoms with van der Waals surface area (Å²) in [6.07, 6.45) is 0. The van der Waals surface area contributed by atoms with Gasteiger partial charge >= 0.3 is 0 Å². The summed E-state index contributed by atoms with van der Waals surface area (Å²) in [7, 11) is 0. The van der Waals surface area contributed by atoms with E-state index in [0.717, 1.165) is 54.1 Å². The van der Waals surface area contributed by atoms with Gasteiger partial charge in [0, 0.05) is 37.6 Å². The smallest absolute Gasteiger partial charge is 0.165 e. The van der Waals surface area contributed by atoms with Crippen molar-refractivity contribution in [2.45, 2.75) is 29.1 Å². The molecule has 6 heteroatoms. The van der Waals surface area contributed by atoms with E-state index in [-0.39, 0.29) is 5.41 Å². The van der Waals surface area contributed by atoms with E-state index in [2.05, 4.69) is 92.7 Å². The number of hydrogen-bond acceptors (Lipinski definition) is 6. The van der Waals surface area contributed by atoms with Crippen molar-refractivity contribution in [2.75, 3.05) is 5.73 Å². The second-order valence-corrected chi connectivity index (χ2v) is 13.4. The number of fused-ring (bicyclic) bond motifs is 3. The summed E-state index contributed by atoms with van der Waals surface area (Å²) >= 11 is 1.68. The first-order valence-electron chi connectivity index (χ1n) is 15.5. The SMILES string of the molecule is CC1(C)c2ccc(C#N)cc2Sc2c(-c3nc(-c4ccccc4)nc(-c4cccc(-c5ccc6cc(N)ccc6c5)c4)n3)cccc21. The third kappa shape index (κ3) is 5.11. The fourth-order valence-electron chi connectivity index (χ4n) is 6.39. The van der Waals surface area contributed by atoms with E-state index in [1.165, 1.54) is 11.1 Å². The van der Waals surface area contributed by atoms with Gasteiger partial charge in [0.15, 0.2) is 17.5 Å². The number of benzene rings is 6. The molecule has 8 rings (SSSR count). The summed E-state index contributed by atoms with van der Waals surface area (Å²) < 4.78 is 0. The van der Waals surface area contributed by atoms with Gasteiger partial charge in [-0.15, -0.1) is 0 Å². The Balaban J connectivity index is 1.28. The van der Waals surface area contributed by atoms with Crippen molar-refractivity contribution in [3.05, 3.63) is 144 Å². The first-order chi connectivity index (χ1) is 22.9. The van der Waals surface area contributed by atoms with Crippen LogP contribution in [0.4, 0.5) is 5.69 Å². The molecule has 0 bridgehead atoms. The van der Waals surface area contributed by atoms with Crippen molar-refractivity contribution in [1.29, 1.82) is 5.26 Å². The highest BCUT2D eigenvalue weighted by Gasteiger charge is 2.35. The minimum absolute atomic E-state index is 0.266. The lowest BCUT2D eigenvalue weighted by Crippen LogP contribution is -2.24. The Kier molecular flexibility index (Phi) is 6.86. The van der Waals surface area contributed by atoms with Crippen LogP contribution < -0.4 is 5.73 Å². The van der Waals surface area contributed by atoms with Gasteiger partial charge in [0.05, 0.1) is 11.6 Å². The van der Waals surface area contributed by atoms with Gasteiger partial charge in [-0.05, 0) is 69.4 Å². The molecule has 47 heavy (non-hydrogen) atoms. The van der Waals surface area contributed by atoms with E-state index < -0.39 is 0 Å². The van der Waals surface area contributed by atoms with Crippen LogP contribution >= 0.6 is 11.8 Å². The minimum Gasteiger partial charge on any atom is -0.399 e. The molecule has 0 atom stereocenters. The van der Waals surface area contributed by atoms with Gasteiger partial charge in [0.1, 0.15) is 0 Å². The van der Waals surface area contributed by atoms with Gasteiger partial charge in [-0.1, -0.05) is 117 Å². The lowest BCUT2D eigenvalue weighted by molar-refractivity contribution is 0.607. The molecule has 1 aromatic heterocycles. The third-order valence-corrected chi connectivity index (χ3v) is 10.1. The van der Waals surface area contributed by atoms with E-state index in [9.17, 15) is 5.26 Å². The number of aromatic nitrogens is 3. The lowest BCUT2D eigenvalue weighted by atomic mass is 9.77. The van der Waals surface area contributed by atoms with Gasteiger partial charge in [-0.3, -0.25) is 0 Å². The van der Waals surface area contributed by atoms with Crippen LogP contribution in [-0.2, 0) is 5.41 Å². The molecule has 224 valence electrons. The van der Waals surface area contributed by atoms with E-state index in [4.69, 9.17) is 20.7 Å². The molecule has 0 saturated carbocycles. The van der Waals surface area contributed by atoms with Gasteiger partial charge in [0.25, 0.3) is 0 Å². The van der Waals surface area contributed by atoms with Crippen molar-refractivity contribution >= 4 is 28.2 Å². The molecule has 0 unspecified atom stereocenters. The minimum atomic E-state index is -0.266. The van der Waals surface area contributed by atoms with E-state index >= 15 is 0 Å². The van der Waals surface area contributed by atoms with Crippen molar-refractivity contribution in [3.8, 4) is 51.4 Å². The maximum atomic E-state index is 9.63. The highest BCUT2D eigenvalue weighted by molar-refractivity contribution is 7.99. The second-order valence-electron chi connectivity index (χ2n) is 12.3. The Labute approximate surface area is 277 Å². The van der Waals surface area contributed by atoms with Gasteiger partial charge in [-0.25, -0.2) is 15.0 Å². The zero-order valence-corrected chi connectivity index (χ0v) is 26.7. The molecule has 7 aromatic rings. The summed E-state index contributed by atoms with van der Waals surface area (Å²) in [4.78, 5) is 17.4. The Morgan fingerprint density at radius 3 is 2.11 bits per heavy atom. The molecule has 0 radical (unpaired) electrons. The number of nitrogens with zero attached hydrogens (tertiary/aromatic N) is 4. The predicted molar refractivity (Wildman–Crippen MR) is 191 cm³/mol. The fourth-order valence-corrected chi connectivity index (χ4v) is 7.93. The molecule has 0 amide bonds. The van der Waals surface area contributed by atoms with Gasteiger partial charge in [-0.2, -0.15) is 5.26 Å². The molecule has 1 aliphatic rings. The number of nitrogen functional groups attached to an aromatic ring is 1. The zero-order chi connectivity index (χ0) is 32.1. The van der Waals surface area contributed by atoms with Crippen LogP contribution in [-0.4, -0.2) is 15.0 Å².